The Kier molecular flexibility index (Phi) is 4.92. The molecule has 0 amide bonds. The molecule has 1 heterocycles. The number of nitrogens with zero attached hydrogens (tertiary/aromatic N) is 1. The molecule has 1 aliphatic heterocycles. The fourth-order valence-electron chi connectivity index (χ4n) is 2.47. The fourth-order valence-corrected chi connectivity index (χ4v) is 2.99. The molecule has 1 saturated heterocycles. The first-order valence-corrected chi connectivity index (χ1v) is 7.80. The van der Waals surface area contributed by atoms with E-state index in [1.54, 1.807) is 0 Å². The van der Waals surface area contributed by atoms with E-state index < -0.39 is 0 Å². The third-order valence-corrected chi connectivity index (χ3v) is 4.11. The maximum Gasteiger partial charge on any atom is 0.0845 e. The zero-order valence-electron chi connectivity index (χ0n) is 10.8. The van der Waals surface area contributed by atoms with Gasteiger partial charge in [0.2, 0.25) is 0 Å². The summed E-state index contributed by atoms with van der Waals surface area (Å²) in [5.41, 5.74) is 1.24. The van der Waals surface area contributed by atoms with Gasteiger partial charge < -0.3 is 4.74 Å². The highest BCUT2D eigenvalue weighted by Gasteiger charge is 2.32. The van der Waals surface area contributed by atoms with Gasteiger partial charge in [-0.05, 0) is 54.1 Å². The smallest absolute Gasteiger partial charge is 0.0845 e. The van der Waals surface area contributed by atoms with Crippen LogP contribution >= 0.6 is 34.2 Å². The van der Waals surface area contributed by atoms with Crippen molar-refractivity contribution in [3.63, 3.8) is 0 Å². The van der Waals surface area contributed by atoms with Crippen molar-refractivity contribution in [3.8, 4) is 0 Å². The van der Waals surface area contributed by atoms with Crippen molar-refractivity contribution in [2.75, 3.05) is 19.0 Å². The lowest BCUT2D eigenvalue weighted by atomic mass is 10.0. The minimum atomic E-state index is -0.110. The molecule has 0 N–H and O–H groups in total. The topological polar surface area (TPSA) is 12.5 Å². The van der Waals surface area contributed by atoms with E-state index in [1.165, 1.54) is 9.13 Å². The summed E-state index contributed by atoms with van der Waals surface area (Å²) in [7, 11) is 0. The van der Waals surface area contributed by atoms with E-state index in [4.69, 9.17) is 16.3 Å². The number of ether oxygens (including phenoxy) is 1. The molecule has 0 aliphatic carbocycles. The summed E-state index contributed by atoms with van der Waals surface area (Å²) in [6.07, 6.45) is 0.138. The quantitative estimate of drug-likeness (QED) is 0.589. The first-order chi connectivity index (χ1) is 8.48. The Balaban J connectivity index is 2.02. The maximum absolute atomic E-state index is 5.94. The van der Waals surface area contributed by atoms with E-state index in [1.807, 2.05) is 0 Å². The summed E-state index contributed by atoms with van der Waals surface area (Å²) >= 11 is 8.28. The molecule has 1 aromatic rings. The zero-order chi connectivity index (χ0) is 13.2. The monoisotopic (exact) mass is 379 g/mol. The molecule has 1 aromatic carbocycles. The van der Waals surface area contributed by atoms with E-state index in [0.717, 1.165) is 19.6 Å². The molecular weight excluding hydrogens is 361 g/mol. The van der Waals surface area contributed by atoms with Gasteiger partial charge in [-0.1, -0.05) is 12.1 Å². The van der Waals surface area contributed by atoms with Crippen LogP contribution in [0.5, 0.6) is 0 Å². The molecule has 0 aromatic heterocycles. The van der Waals surface area contributed by atoms with Gasteiger partial charge in [0.1, 0.15) is 0 Å². The first kappa shape index (κ1) is 14.6. The van der Waals surface area contributed by atoms with Gasteiger partial charge in [0.15, 0.2) is 0 Å². The Morgan fingerprint density at radius 1 is 1.39 bits per heavy atom. The molecule has 18 heavy (non-hydrogen) atoms. The number of hydrogen-bond donors (Lipinski definition) is 0. The Bertz CT molecular complexity index is 393. The second-order valence-electron chi connectivity index (χ2n) is 5.45. The highest BCUT2D eigenvalue weighted by atomic mass is 127. The Morgan fingerprint density at radius 2 is 2.06 bits per heavy atom. The van der Waals surface area contributed by atoms with Crippen molar-refractivity contribution < 1.29 is 4.74 Å². The van der Waals surface area contributed by atoms with E-state index in [-0.39, 0.29) is 11.7 Å². The van der Waals surface area contributed by atoms with Crippen molar-refractivity contribution in [1.29, 1.82) is 0 Å². The minimum Gasteiger partial charge on any atom is -0.368 e. The van der Waals surface area contributed by atoms with Gasteiger partial charge in [-0.15, -0.1) is 11.6 Å². The third kappa shape index (κ3) is 4.08. The summed E-state index contributed by atoms with van der Waals surface area (Å²) in [6, 6.07) is 8.70. The van der Waals surface area contributed by atoms with Gasteiger partial charge in [0.05, 0.1) is 11.7 Å². The van der Waals surface area contributed by atoms with Crippen LogP contribution in [0, 0.1) is 3.57 Å². The fraction of sp³-hybridized carbons (Fsp3) is 0.571. The molecule has 0 spiro atoms. The zero-order valence-corrected chi connectivity index (χ0v) is 13.7. The van der Waals surface area contributed by atoms with Crippen LogP contribution in [-0.4, -0.2) is 35.6 Å². The van der Waals surface area contributed by atoms with E-state index in [0.29, 0.717) is 5.88 Å². The second kappa shape index (κ2) is 6.07. The van der Waals surface area contributed by atoms with Crippen molar-refractivity contribution in [2.45, 2.75) is 32.1 Å². The number of morpholine rings is 1. The van der Waals surface area contributed by atoms with Gasteiger partial charge >= 0.3 is 0 Å². The summed E-state index contributed by atoms with van der Waals surface area (Å²) in [4.78, 5) is 2.43. The lowest BCUT2D eigenvalue weighted by Gasteiger charge is -2.42. The highest BCUT2D eigenvalue weighted by Crippen LogP contribution is 2.23. The molecule has 100 valence electrons. The van der Waals surface area contributed by atoms with Crippen molar-refractivity contribution in [2.24, 2.45) is 0 Å². The molecule has 1 unspecified atom stereocenters. The van der Waals surface area contributed by atoms with Crippen LogP contribution < -0.4 is 0 Å². The van der Waals surface area contributed by atoms with Crippen LogP contribution in [0.1, 0.15) is 19.4 Å². The van der Waals surface area contributed by atoms with Crippen LogP contribution in [0.4, 0.5) is 0 Å². The molecule has 2 rings (SSSR count). The van der Waals surface area contributed by atoms with Gasteiger partial charge in [-0.25, -0.2) is 0 Å². The molecular formula is C14H19ClINO. The Hall–Kier alpha value is 0.160. The molecule has 0 radical (unpaired) electrons. The van der Waals surface area contributed by atoms with Crippen molar-refractivity contribution in [3.05, 3.63) is 33.4 Å². The summed E-state index contributed by atoms with van der Waals surface area (Å²) in [5, 5.41) is 0. The Labute approximate surface area is 128 Å². The van der Waals surface area contributed by atoms with Crippen LogP contribution in [0.15, 0.2) is 24.3 Å². The first-order valence-electron chi connectivity index (χ1n) is 6.19. The van der Waals surface area contributed by atoms with Gasteiger partial charge in [-0.3, -0.25) is 4.90 Å². The molecule has 4 heteroatoms. The minimum absolute atomic E-state index is 0.110. The number of halogens is 2. The molecule has 0 saturated carbocycles. The summed E-state index contributed by atoms with van der Waals surface area (Å²) in [5.74, 6) is 0.562. The summed E-state index contributed by atoms with van der Waals surface area (Å²) < 4.78 is 7.21. The highest BCUT2D eigenvalue weighted by molar-refractivity contribution is 14.1. The maximum atomic E-state index is 5.94. The molecule has 1 atom stereocenters. The lowest BCUT2D eigenvalue weighted by Crippen LogP contribution is -2.52. The molecule has 2 nitrogen and oxygen atoms in total. The van der Waals surface area contributed by atoms with E-state index in [9.17, 15) is 0 Å². The molecule has 1 aliphatic rings. The number of rotatable bonds is 3. The van der Waals surface area contributed by atoms with Crippen molar-refractivity contribution in [1.82, 2.24) is 4.90 Å². The van der Waals surface area contributed by atoms with E-state index >= 15 is 0 Å². The Morgan fingerprint density at radius 3 is 2.67 bits per heavy atom. The van der Waals surface area contributed by atoms with Gasteiger partial charge in [-0.2, -0.15) is 0 Å². The van der Waals surface area contributed by atoms with Crippen LogP contribution in [0.25, 0.3) is 0 Å². The van der Waals surface area contributed by atoms with Gasteiger partial charge in [0, 0.05) is 29.1 Å². The third-order valence-electron chi connectivity index (χ3n) is 3.04. The summed E-state index contributed by atoms with van der Waals surface area (Å²) in [6.45, 7) is 7.10. The molecule has 1 fully saturated rings. The van der Waals surface area contributed by atoms with E-state index in [2.05, 4.69) is 65.6 Å². The second-order valence-corrected chi connectivity index (χ2v) is 7.00. The van der Waals surface area contributed by atoms with Crippen LogP contribution in [0.2, 0.25) is 0 Å². The number of benzene rings is 1. The number of hydrogen-bond acceptors (Lipinski definition) is 2. The number of alkyl halides is 1. The predicted octanol–water partition coefficient (Wildman–Crippen LogP) is 3.51. The SMILES string of the molecule is CC1(C)CN(Cc2ccc(I)cc2)CC(CCl)O1. The van der Waals surface area contributed by atoms with Crippen molar-refractivity contribution >= 4 is 34.2 Å². The molecule has 0 bridgehead atoms. The average Bonchev–Trinajstić information content (AvgIpc) is 2.30. The van der Waals surface area contributed by atoms with Gasteiger partial charge in [0.25, 0.3) is 0 Å². The van der Waals surface area contributed by atoms with Crippen LogP contribution in [-0.2, 0) is 11.3 Å². The normalized spacial score (nSPS) is 24.1. The largest absolute Gasteiger partial charge is 0.368 e. The predicted molar refractivity (Wildman–Crippen MR) is 84.1 cm³/mol. The van der Waals surface area contributed by atoms with Crippen LogP contribution in [0.3, 0.4) is 0 Å². The lowest BCUT2D eigenvalue weighted by molar-refractivity contribution is -0.129. The average molecular weight is 380 g/mol. The standard InChI is InChI=1S/C14H19ClINO/c1-14(2)10-17(9-13(7-15)18-14)8-11-3-5-12(16)6-4-11/h3-6,13H,7-10H2,1-2H3.